The maximum Gasteiger partial charge on any atom is 0.0991 e. The van der Waals surface area contributed by atoms with Crippen molar-refractivity contribution >= 4 is 15.7 Å². The van der Waals surface area contributed by atoms with Crippen molar-refractivity contribution < 1.29 is 18.9 Å². The van der Waals surface area contributed by atoms with Crippen LogP contribution in [0, 0.1) is 34.3 Å². The molecular formula is C39H47N3O4S. The van der Waals surface area contributed by atoms with Crippen molar-refractivity contribution in [3.8, 4) is 29.1 Å². The summed E-state index contributed by atoms with van der Waals surface area (Å²) in [6.45, 7) is 8.43. The molecule has 1 heterocycles. The molecule has 0 aliphatic carbocycles. The molecule has 0 unspecified atom stereocenters. The van der Waals surface area contributed by atoms with Gasteiger partial charge < -0.3 is 23.8 Å². The molecule has 0 aromatic heterocycles. The molecule has 0 radical (unpaired) electrons. The van der Waals surface area contributed by atoms with E-state index in [1.165, 1.54) is 0 Å². The lowest BCUT2D eigenvalue weighted by Gasteiger charge is -2.25. The van der Waals surface area contributed by atoms with Gasteiger partial charge in [0.25, 0.3) is 0 Å². The lowest BCUT2D eigenvalue weighted by Crippen LogP contribution is -2.33. The van der Waals surface area contributed by atoms with E-state index in [0.29, 0.717) is 58.4 Å². The molecule has 1 fully saturated rings. The van der Waals surface area contributed by atoms with Gasteiger partial charge in [-0.05, 0) is 90.2 Å². The molecule has 3 aromatic rings. The van der Waals surface area contributed by atoms with Gasteiger partial charge in [0.05, 0.1) is 64.5 Å². The Kier molecular flexibility index (Phi) is 15.2. The van der Waals surface area contributed by atoms with Crippen LogP contribution in [0.25, 0.3) is 0 Å². The molecule has 3 aromatic carbocycles. The summed E-state index contributed by atoms with van der Waals surface area (Å²) in [7, 11) is -0.843. The van der Waals surface area contributed by atoms with Gasteiger partial charge in [0, 0.05) is 55.1 Å². The van der Waals surface area contributed by atoms with Crippen LogP contribution in [0.4, 0.5) is 5.69 Å². The van der Waals surface area contributed by atoms with Crippen molar-refractivity contribution in [2.75, 3.05) is 103 Å². The maximum absolute atomic E-state index is 9.07. The summed E-state index contributed by atoms with van der Waals surface area (Å²) in [5.41, 5.74) is 5.90. The van der Waals surface area contributed by atoms with Gasteiger partial charge in [-0.15, -0.1) is 0 Å². The average Bonchev–Trinajstić information content (AvgIpc) is 3.08. The molecule has 0 atom stereocenters. The molecule has 1 saturated heterocycles. The zero-order chi connectivity index (χ0) is 33.2. The smallest absolute Gasteiger partial charge is 0.0991 e. The fourth-order valence-corrected chi connectivity index (χ4v) is 5.14. The van der Waals surface area contributed by atoms with E-state index in [9.17, 15) is 0 Å². The zero-order valence-corrected chi connectivity index (χ0v) is 28.8. The molecular weight excluding hydrogens is 607 g/mol. The first-order chi connectivity index (χ1) is 22.9. The number of hydrogen-bond donors (Lipinski definition) is 0. The monoisotopic (exact) mass is 653 g/mol. The van der Waals surface area contributed by atoms with E-state index in [2.05, 4.69) is 81.9 Å². The summed E-state index contributed by atoms with van der Waals surface area (Å²) in [6, 6.07) is 26.4. The first kappa shape index (κ1) is 36.1. The zero-order valence-electron chi connectivity index (χ0n) is 28.0. The van der Waals surface area contributed by atoms with Crippen molar-refractivity contribution in [2.24, 2.45) is 0 Å². The third-order valence-electron chi connectivity index (χ3n) is 7.32. The predicted molar refractivity (Wildman–Crippen MR) is 193 cm³/mol. The van der Waals surface area contributed by atoms with Crippen LogP contribution in [-0.4, -0.2) is 103 Å². The van der Waals surface area contributed by atoms with E-state index in [1.807, 2.05) is 48.5 Å². The van der Waals surface area contributed by atoms with Crippen LogP contribution in [0.1, 0.15) is 27.8 Å². The standard InChI is InChI=1S/C39H47N3O4S/c1-47(2,3)31-18-36-8-6-34(7-9-36)4-5-35-14-16-39(17-15-35)42-21-25-45-29-27-43-23-19-41(20-24-44-28-30-46-26-22-42)33-38-12-10-37(32-40)11-13-38/h6-17H,19-30,33H2,1-3H3. The van der Waals surface area contributed by atoms with Crippen LogP contribution >= 0.6 is 10.0 Å². The minimum Gasteiger partial charge on any atom is -0.378 e. The third-order valence-corrected chi connectivity index (χ3v) is 8.03. The Labute approximate surface area is 283 Å². The second-order valence-electron chi connectivity index (χ2n) is 12.0. The van der Waals surface area contributed by atoms with Crippen LogP contribution in [0.15, 0.2) is 72.8 Å². The summed E-state index contributed by atoms with van der Waals surface area (Å²) in [5.74, 6) is 9.82. The highest BCUT2D eigenvalue weighted by molar-refractivity contribution is 8.35. The Bertz CT molecular complexity index is 1500. The summed E-state index contributed by atoms with van der Waals surface area (Å²) in [5, 5.41) is 12.4. The maximum atomic E-state index is 9.07. The fourth-order valence-electron chi connectivity index (χ4n) is 4.71. The van der Waals surface area contributed by atoms with Crippen molar-refractivity contribution in [1.29, 1.82) is 5.26 Å². The highest BCUT2D eigenvalue weighted by atomic mass is 32.3. The molecule has 0 N–H and O–H groups in total. The van der Waals surface area contributed by atoms with Crippen LogP contribution in [0.3, 0.4) is 0 Å². The summed E-state index contributed by atoms with van der Waals surface area (Å²) in [6.07, 6.45) is 6.58. The normalized spacial score (nSPS) is 16.7. The number of ether oxygens (including phenoxy) is 4. The Hall–Kier alpha value is -3.78. The van der Waals surface area contributed by atoms with Crippen molar-refractivity contribution in [3.63, 3.8) is 0 Å². The van der Waals surface area contributed by atoms with Gasteiger partial charge in [0.1, 0.15) is 0 Å². The average molecular weight is 654 g/mol. The van der Waals surface area contributed by atoms with Crippen molar-refractivity contribution in [3.05, 3.63) is 101 Å². The van der Waals surface area contributed by atoms with Gasteiger partial charge in [-0.1, -0.05) is 29.9 Å². The molecule has 248 valence electrons. The van der Waals surface area contributed by atoms with E-state index in [0.717, 1.165) is 60.7 Å². The van der Waals surface area contributed by atoms with Crippen LogP contribution in [0.5, 0.6) is 0 Å². The Morgan fingerprint density at radius 1 is 0.553 bits per heavy atom. The Balaban J connectivity index is 1.26. The summed E-state index contributed by atoms with van der Waals surface area (Å²) < 4.78 is 23.6. The van der Waals surface area contributed by atoms with E-state index < -0.39 is 10.0 Å². The number of nitriles is 1. The van der Waals surface area contributed by atoms with Crippen LogP contribution in [-0.2, 0) is 25.5 Å². The quantitative estimate of drug-likeness (QED) is 0.353. The van der Waals surface area contributed by atoms with Crippen LogP contribution in [0.2, 0.25) is 0 Å². The summed E-state index contributed by atoms with van der Waals surface area (Å²) >= 11 is 0. The molecule has 47 heavy (non-hydrogen) atoms. The Morgan fingerprint density at radius 2 is 0.979 bits per heavy atom. The SMILES string of the molecule is CS(C)(C)C#Cc1ccc(C#Cc2ccc(N3CCOCCOCCN(Cc4ccc(C#N)cc4)CCOCCOCC3)cc2)cc1. The van der Waals surface area contributed by atoms with Crippen LogP contribution < -0.4 is 4.90 Å². The first-order valence-electron chi connectivity index (χ1n) is 16.1. The summed E-state index contributed by atoms with van der Waals surface area (Å²) in [4.78, 5) is 4.59. The van der Waals surface area contributed by atoms with Gasteiger partial charge in [-0.25, -0.2) is 0 Å². The number of hydrogen-bond acceptors (Lipinski definition) is 7. The lowest BCUT2D eigenvalue weighted by molar-refractivity contribution is 0.0211. The minimum absolute atomic E-state index is 0.544. The molecule has 4 rings (SSSR count). The molecule has 1 aliphatic rings. The topological polar surface area (TPSA) is 67.2 Å². The molecule has 0 spiro atoms. The second-order valence-corrected chi connectivity index (χ2v) is 15.8. The molecule has 1 aliphatic heterocycles. The van der Waals surface area contributed by atoms with Gasteiger partial charge in [0.2, 0.25) is 0 Å². The van der Waals surface area contributed by atoms with Gasteiger partial charge in [-0.3, -0.25) is 4.90 Å². The third kappa shape index (κ3) is 14.3. The van der Waals surface area contributed by atoms with Crippen molar-refractivity contribution in [2.45, 2.75) is 6.54 Å². The molecule has 7 nitrogen and oxygen atoms in total. The predicted octanol–water partition coefficient (Wildman–Crippen LogP) is 5.35. The fraction of sp³-hybridized carbons (Fsp3) is 0.410. The number of anilines is 1. The molecule has 0 saturated carbocycles. The molecule has 0 bridgehead atoms. The minimum atomic E-state index is -0.843. The highest BCUT2D eigenvalue weighted by Crippen LogP contribution is 2.32. The molecule has 8 heteroatoms. The van der Waals surface area contributed by atoms with Gasteiger partial charge in [-0.2, -0.15) is 15.3 Å². The van der Waals surface area contributed by atoms with Gasteiger partial charge >= 0.3 is 0 Å². The van der Waals surface area contributed by atoms with E-state index in [1.54, 1.807) is 0 Å². The number of benzene rings is 3. The van der Waals surface area contributed by atoms with E-state index >= 15 is 0 Å². The highest BCUT2D eigenvalue weighted by Gasteiger charge is 2.10. The molecule has 0 amide bonds. The number of nitrogens with zero attached hydrogens (tertiary/aromatic N) is 3. The first-order valence-corrected chi connectivity index (χ1v) is 18.9. The largest absolute Gasteiger partial charge is 0.378 e. The Morgan fingerprint density at radius 3 is 1.45 bits per heavy atom. The van der Waals surface area contributed by atoms with Crippen molar-refractivity contribution in [1.82, 2.24) is 4.90 Å². The van der Waals surface area contributed by atoms with Gasteiger partial charge in [0.15, 0.2) is 0 Å². The lowest BCUT2D eigenvalue weighted by atomic mass is 10.1. The second kappa shape index (κ2) is 19.8. The number of rotatable bonds is 3. The van der Waals surface area contributed by atoms with E-state index in [4.69, 9.17) is 24.2 Å². The van der Waals surface area contributed by atoms with E-state index in [-0.39, 0.29) is 0 Å².